The molecule has 0 aliphatic heterocycles. The number of sulfonamides is 1. The molecule has 0 aromatic heterocycles. The molecule has 4 rings (SSSR count). The second-order valence-corrected chi connectivity index (χ2v) is 11.1. The fourth-order valence-corrected chi connectivity index (χ4v) is 5.93. The summed E-state index contributed by atoms with van der Waals surface area (Å²) in [6, 6.07) is 16.0. The van der Waals surface area contributed by atoms with E-state index in [2.05, 4.69) is 28.2 Å². The van der Waals surface area contributed by atoms with Gasteiger partial charge in [0.1, 0.15) is 4.90 Å². The number of anilines is 1. The zero-order valence-electron chi connectivity index (χ0n) is 19.6. The van der Waals surface area contributed by atoms with Crippen LogP contribution in [0, 0.1) is 13.8 Å². The third-order valence-corrected chi connectivity index (χ3v) is 8.19. The number of benzene rings is 3. The zero-order valence-corrected chi connectivity index (χ0v) is 21.2. The Morgan fingerprint density at radius 2 is 1.68 bits per heavy atom. The van der Waals surface area contributed by atoms with Gasteiger partial charge >= 0.3 is 0 Å². The van der Waals surface area contributed by atoms with E-state index in [1.54, 1.807) is 6.07 Å². The van der Waals surface area contributed by atoms with E-state index in [-0.39, 0.29) is 27.4 Å². The van der Waals surface area contributed by atoms with Crippen molar-refractivity contribution in [3.8, 4) is 0 Å². The van der Waals surface area contributed by atoms with Gasteiger partial charge in [-0.3, -0.25) is 9.52 Å². The number of aryl methyl sites for hydroxylation is 4. The molecule has 7 heteroatoms. The Kier molecular flexibility index (Phi) is 7.01. The van der Waals surface area contributed by atoms with E-state index in [0.29, 0.717) is 5.69 Å². The maximum Gasteiger partial charge on any atom is 0.263 e. The first-order valence-corrected chi connectivity index (χ1v) is 13.3. The molecule has 0 unspecified atom stereocenters. The lowest BCUT2D eigenvalue weighted by Gasteiger charge is -2.20. The molecule has 0 bridgehead atoms. The van der Waals surface area contributed by atoms with Crippen molar-refractivity contribution in [2.75, 3.05) is 4.72 Å². The molecule has 5 nitrogen and oxygen atoms in total. The molecule has 0 spiro atoms. The van der Waals surface area contributed by atoms with Crippen molar-refractivity contribution in [3.05, 3.63) is 93.0 Å². The first-order valence-electron chi connectivity index (χ1n) is 11.5. The summed E-state index contributed by atoms with van der Waals surface area (Å²) in [7, 11) is -3.99. The molecule has 1 aliphatic rings. The molecule has 0 heterocycles. The quantitative estimate of drug-likeness (QED) is 0.431. The molecule has 3 aromatic rings. The highest BCUT2D eigenvalue weighted by molar-refractivity contribution is 7.92. The summed E-state index contributed by atoms with van der Waals surface area (Å²) in [4.78, 5) is 12.9. The van der Waals surface area contributed by atoms with E-state index in [0.717, 1.165) is 29.5 Å². The zero-order chi connectivity index (χ0) is 24.5. The van der Waals surface area contributed by atoms with Crippen LogP contribution in [0.4, 0.5) is 5.69 Å². The topological polar surface area (TPSA) is 75.3 Å². The monoisotopic (exact) mass is 496 g/mol. The smallest absolute Gasteiger partial charge is 0.263 e. The third kappa shape index (κ3) is 5.29. The fraction of sp³-hybridized carbons (Fsp3) is 0.296. The van der Waals surface area contributed by atoms with Crippen LogP contribution in [0.1, 0.15) is 64.0 Å². The van der Waals surface area contributed by atoms with Crippen LogP contribution in [-0.4, -0.2) is 14.3 Å². The lowest BCUT2D eigenvalue weighted by atomic mass is 9.89. The second-order valence-electron chi connectivity index (χ2n) is 9.00. The fourth-order valence-electron chi connectivity index (χ4n) is 4.28. The molecule has 0 saturated carbocycles. The standard InChI is InChI=1S/C27H29ClN2O3S/c1-17-8-9-18(2)25(14-17)30-34(32,33)26-16-23(12-13-24(26)28)27(31)29-19(3)21-11-10-20-6-4-5-7-22(20)15-21/h8-16,19,30H,4-7H2,1-3H3,(H,29,31)/t19-/m0/s1. The Bertz CT molecular complexity index is 1350. The van der Waals surface area contributed by atoms with Crippen LogP contribution in [0.25, 0.3) is 0 Å². The first-order chi connectivity index (χ1) is 16.1. The van der Waals surface area contributed by atoms with Gasteiger partial charge in [-0.25, -0.2) is 8.42 Å². The van der Waals surface area contributed by atoms with Gasteiger partial charge in [0.05, 0.1) is 16.8 Å². The summed E-state index contributed by atoms with van der Waals surface area (Å²) in [6.07, 6.45) is 4.58. The molecule has 0 saturated heterocycles. The summed E-state index contributed by atoms with van der Waals surface area (Å²) in [6.45, 7) is 5.64. The number of nitrogens with one attached hydrogen (secondary N) is 2. The molecule has 0 radical (unpaired) electrons. The van der Waals surface area contributed by atoms with Gasteiger partial charge < -0.3 is 5.32 Å². The molecule has 1 atom stereocenters. The Hall–Kier alpha value is -2.83. The van der Waals surface area contributed by atoms with Gasteiger partial charge in [-0.2, -0.15) is 0 Å². The minimum atomic E-state index is -3.99. The number of amides is 1. The maximum absolute atomic E-state index is 13.1. The van der Waals surface area contributed by atoms with Crippen LogP contribution in [-0.2, 0) is 22.9 Å². The highest BCUT2D eigenvalue weighted by atomic mass is 35.5. The van der Waals surface area contributed by atoms with Gasteiger partial charge in [0.2, 0.25) is 0 Å². The minimum Gasteiger partial charge on any atom is -0.346 e. The second kappa shape index (κ2) is 9.80. The van der Waals surface area contributed by atoms with Crippen molar-refractivity contribution in [1.29, 1.82) is 0 Å². The summed E-state index contributed by atoms with van der Waals surface area (Å²) < 4.78 is 28.8. The van der Waals surface area contributed by atoms with E-state index < -0.39 is 10.0 Å². The molecule has 178 valence electrons. The summed E-state index contributed by atoms with van der Waals surface area (Å²) >= 11 is 6.24. The van der Waals surface area contributed by atoms with Crippen LogP contribution in [0.5, 0.6) is 0 Å². The Morgan fingerprint density at radius 3 is 2.44 bits per heavy atom. The molecular formula is C27H29ClN2O3S. The van der Waals surface area contributed by atoms with Gasteiger partial charge in [0.25, 0.3) is 15.9 Å². The Morgan fingerprint density at radius 1 is 0.941 bits per heavy atom. The molecule has 0 fully saturated rings. The van der Waals surface area contributed by atoms with E-state index in [1.807, 2.05) is 32.9 Å². The first kappa shape index (κ1) is 24.3. The number of fused-ring (bicyclic) bond motifs is 1. The molecule has 2 N–H and O–H groups in total. The van der Waals surface area contributed by atoms with Crippen molar-refractivity contribution in [3.63, 3.8) is 0 Å². The van der Waals surface area contributed by atoms with Gasteiger partial charge in [-0.15, -0.1) is 0 Å². The van der Waals surface area contributed by atoms with E-state index >= 15 is 0 Å². The van der Waals surface area contributed by atoms with Crippen molar-refractivity contribution in [2.24, 2.45) is 0 Å². The molecule has 1 amide bonds. The maximum atomic E-state index is 13.1. The highest BCUT2D eigenvalue weighted by Crippen LogP contribution is 2.28. The lowest BCUT2D eigenvalue weighted by molar-refractivity contribution is 0.0939. The predicted molar refractivity (Wildman–Crippen MR) is 137 cm³/mol. The number of hydrogen-bond acceptors (Lipinski definition) is 3. The van der Waals surface area contributed by atoms with Crippen molar-refractivity contribution >= 4 is 33.2 Å². The van der Waals surface area contributed by atoms with Crippen molar-refractivity contribution in [2.45, 2.75) is 57.4 Å². The average Bonchev–Trinajstić information content (AvgIpc) is 2.81. The number of carbonyl (C=O) groups is 1. The minimum absolute atomic E-state index is 0.0529. The van der Waals surface area contributed by atoms with E-state index in [9.17, 15) is 13.2 Å². The molecule has 1 aliphatic carbocycles. The van der Waals surface area contributed by atoms with Gasteiger partial charge in [0, 0.05) is 5.56 Å². The molecule has 3 aromatic carbocycles. The van der Waals surface area contributed by atoms with Gasteiger partial charge in [0.15, 0.2) is 0 Å². The number of halogens is 1. The third-order valence-electron chi connectivity index (χ3n) is 6.34. The van der Waals surface area contributed by atoms with Crippen LogP contribution in [0.15, 0.2) is 59.5 Å². The summed E-state index contributed by atoms with van der Waals surface area (Å²) in [5.41, 5.74) is 6.20. The van der Waals surface area contributed by atoms with Crippen molar-refractivity contribution < 1.29 is 13.2 Å². The Labute approximate surface area is 206 Å². The average molecular weight is 497 g/mol. The van der Waals surface area contributed by atoms with Crippen LogP contribution in [0.3, 0.4) is 0 Å². The number of carbonyl (C=O) groups excluding carboxylic acids is 1. The van der Waals surface area contributed by atoms with Gasteiger partial charge in [-0.1, -0.05) is 41.9 Å². The van der Waals surface area contributed by atoms with Crippen LogP contribution < -0.4 is 10.0 Å². The lowest BCUT2D eigenvalue weighted by Crippen LogP contribution is -2.27. The highest BCUT2D eigenvalue weighted by Gasteiger charge is 2.22. The van der Waals surface area contributed by atoms with Crippen LogP contribution >= 0.6 is 11.6 Å². The molecule has 34 heavy (non-hydrogen) atoms. The summed E-state index contributed by atoms with van der Waals surface area (Å²) in [5.74, 6) is -0.356. The van der Waals surface area contributed by atoms with Crippen molar-refractivity contribution in [1.82, 2.24) is 5.32 Å². The normalized spacial score (nSPS) is 14.2. The number of rotatable bonds is 6. The predicted octanol–water partition coefficient (Wildman–Crippen LogP) is 6.13. The summed E-state index contributed by atoms with van der Waals surface area (Å²) in [5, 5.41) is 3.04. The SMILES string of the molecule is Cc1ccc(C)c(NS(=O)(=O)c2cc(C(=O)N[C@@H](C)c3ccc4c(c3)CCCC4)ccc2Cl)c1. The number of hydrogen-bond donors (Lipinski definition) is 2. The van der Waals surface area contributed by atoms with Gasteiger partial charge in [-0.05, 0) is 98.5 Å². The van der Waals surface area contributed by atoms with Crippen LogP contribution in [0.2, 0.25) is 5.02 Å². The Balaban J connectivity index is 1.55. The van der Waals surface area contributed by atoms with E-state index in [4.69, 9.17) is 11.6 Å². The van der Waals surface area contributed by atoms with E-state index in [1.165, 1.54) is 42.2 Å². The largest absolute Gasteiger partial charge is 0.346 e. The molecular weight excluding hydrogens is 468 g/mol.